The molecule has 0 rings (SSSR count). The molecule has 0 bridgehead atoms. The molecule has 0 aliphatic carbocycles. The maximum atomic E-state index is 11.3. The van der Waals surface area contributed by atoms with Gasteiger partial charge >= 0.3 is 11.9 Å². The minimum atomic E-state index is -1.35. The van der Waals surface area contributed by atoms with Gasteiger partial charge in [-0.25, -0.2) is 0 Å². The number of carbonyl (C=O) groups excluding carboxylic acids is 1. The Morgan fingerprint density at radius 3 is 1.91 bits per heavy atom. The first-order chi connectivity index (χ1) is 10.4. The zero-order chi connectivity index (χ0) is 18.8. The third-order valence-corrected chi connectivity index (χ3v) is 3.04. The van der Waals surface area contributed by atoms with Gasteiger partial charge in [0.05, 0.1) is 13.0 Å². The van der Waals surface area contributed by atoms with E-state index in [2.05, 4.69) is 5.32 Å². The number of rotatable bonds is 8. The van der Waals surface area contributed by atoms with Crippen LogP contribution in [-0.4, -0.2) is 63.6 Å². The van der Waals surface area contributed by atoms with Gasteiger partial charge in [0.15, 0.2) is 0 Å². The average molecular weight is 336 g/mol. The van der Waals surface area contributed by atoms with Crippen LogP contribution < -0.4 is 11.1 Å². The molecular weight excluding hydrogens is 308 g/mol. The molecule has 0 saturated heterocycles. The second-order valence-corrected chi connectivity index (χ2v) is 6.09. The fourth-order valence-corrected chi connectivity index (χ4v) is 1.12. The zero-order valence-corrected chi connectivity index (χ0v) is 13.9. The molecule has 7 N–H and O–H groups in total. The van der Waals surface area contributed by atoms with Crippen LogP contribution in [0.25, 0.3) is 0 Å². The number of carbonyl (C=O) groups is 3. The van der Waals surface area contributed by atoms with E-state index in [9.17, 15) is 19.5 Å². The summed E-state index contributed by atoms with van der Waals surface area (Å²) in [5.41, 5.74) is 4.22. The van der Waals surface area contributed by atoms with Gasteiger partial charge in [0.25, 0.3) is 0 Å². The molecule has 0 aromatic heterocycles. The third kappa shape index (κ3) is 10.6. The summed E-state index contributed by atoms with van der Waals surface area (Å²) in [6.45, 7) is 6.26. The number of hydrogen-bond acceptors (Lipinski definition) is 6. The van der Waals surface area contributed by atoms with Gasteiger partial charge in [0.1, 0.15) is 12.1 Å². The van der Waals surface area contributed by atoms with Crippen molar-refractivity contribution in [1.29, 1.82) is 0 Å². The highest BCUT2D eigenvalue weighted by Crippen LogP contribution is 2.19. The van der Waals surface area contributed by atoms with Gasteiger partial charge in [-0.15, -0.1) is 0 Å². The number of carboxylic acids is 2. The number of aliphatic hydroxyl groups is 2. The van der Waals surface area contributed by atoms with Crippen molar-refractivity contribution < 1.29 is 34.8 Å². The Morgan fingerprint density at radius 2 is 1.65 bits per heavy atom. The van der Waals surface area contributed by atoms with E-state index in [4.69, 9.17) is 21.1 Å². The predicted octanol–water partition coefficient (Wildman–Crippen LogP) is -0.989. The lowest BCUT2D eigenvalue weighted by molar-refractivity contribution is -0.140. The molecule has 0 aromatic rings. The molecule has 136 valence electrons. The van der Waals surface area contributed by atoms with Gasteiger partial charge in [-0.1, -0.05) is 27.7 Å². The van der Waals surface area contributed by atoms with Crippen molar-refractivity contribution in [2.75, 3.05) is 13.2 Å². The quantitative estimate of drug-likeness (QED) is 0.328. The van der Waals surface area contributed by atoms with Crippen LogP contribution in [0.4, 0.5) is 0 Å². The molecule has 1 unspecified atom stereocenters. The molecule has 0 spiro atoms. The molecule has 0 fully saturated rings. The van der Waals surface area contributed by atoms with E-state index in [-0.39, 0.29) is 25.5 Å². The van der Waals surface area contributed by atoms with Crippen molar-refractivity contribution >= 4 is 17.8 Å². The Hall–Kier alpha value is -1.71. The van der Waals surface area contributed by atoms with Gasteiger partial charge in [-0.2, -0.15) is 0 Å². The Bertz CT molecular complexity index is 397. The van der Waals surface area contributed by atoms with Crippen molar-refractivity contribution in [3.63, 3.8) is 0 Å². The van der Waals surface area contributed by atoms with Crippen molar-refractivity contribution in [2.45, 2.75) is 46.3 Å². The lowest BCUT2D eigenvalue weighted by atomic mass is 9.87. The zero-order valence-electron chi connectivity index (χ0n) is 13.9. The highest BCUT2D eigenvalue weighted by Gasteiger charge is 2.32. The van der Waals surface area contributed by atoms with E-state index in [1.54, 1.807) is 13.8 Å². The first-order valence-electron chi connectivity index (χ1n) is 7.13. The molecule has 0 aliphatic rings. The fourth-order valence-electron chi connectivity index (χ4n) is 1.12. The van der Waals surface area contributed by atoms with E-state index < -0.39 is 35.4 Å². The van der Waals surface area contributed by atoms with Crippen LogP contribution in [0, 0.1) is 11.3 Å². The number of nitrogens with two attached hydrogens (primary N) is 1. The summed E-state index contributed by atoms with van der Waals surface area (Å²) in [6.07, 6.45) is -1.55. The normalized spacial score (nSPS) is 13.6. The Morgan fingerprint density at radius 1 is 1.17 bits per heavy atom. The molecule has 9 heteroatoms. The largest absolute Gasteiger partial charge is 0.481 e. The summed E-state index contributed by atoms with van der Waals surface area (Å²) >= 11 is 0. The number of aliphatic carboxylic acids is 2. The predicted molar refractivity (Wildman–Crippen MR) is 82.6 cm³/mol. The Kier molecular flexibility index (Phi) is 11.2. The van der Waals surface area contributed by atoms with Crippen LogP contribution in [0.1, 0.15) is 34.1 Å². The molecule has 0 aromatic carbocycles. The van der Waals surface area contributed by atoms with Crippen LogP contribution in [0.5, 0.6) is 0 Å². The minimum absolute atomic E-state index is 0.0208. The summed E-state index contributed by atoms with van der Waals surface area (Å²) in [7, 11) is 0. The molecular formula is C14H28N2O7. The molecule has 0 aliphatic heterocycles. The number of nitrogens with one attached hydrogen (secondary N) is 1. The topological polar surface area (TPSA) is 170 Å². The third-order valence-electron chi connectivity index (χ3n) is 3.04. The molecule has 0 heterocycles. The van der Waals surface area contributed by atoms with Gasteiger partial charge in [-0.05, 0) is 5.92 Å². The summed E-state index contributed by atoms with van der Waals surface area (Å²) in [6, 6.07) is -0.713. The lowest BCUT2D eigenvalue weighted by Gasteiger charge is -2.26. The van der Waals surface area contributed by atoms with Crippen LogP contribution in [-0.2, 0) is 14.4 Å². The Labute approximate surface area is 135 Å². The SMILES string of the molecule is CC(C)(CO)C(O)C(=O)NCCC(=O)O.CC(C)[C@H](N)C(=O)O. The van der Waals surface area contributed by atoms with E-state index in [0.29, 0.717) is 0 Å². The molecule has 2 atom stereocenters. The summed E-state index contributed by atoms with van der Waals surface area (Å²) in [5.74, 6) is -2.60. The van der Waals surface area contributed by atoms with E-state index in [1.165, 1.54) is 13.8 Å². The molecule has 23 heavy (non-hydrogen) atoms. The summed E-state index contributed by atoms with van der Waals surface area (Å²) < 4.78 is 0. The highest BCUT2D eigenvalue weighted by molar-refractivity contribution is 5.81. The van der Waals surface area contributed by atoms with Gasteiger partial charge in [0, 0.05) is 12.0 Å². The van der Waals surface area contributed by atoms with E-state index in [0.717, 1.165) is 0 Å². The fraction of sp³-hybridized carbons (Fsp3) is 0.786. The average Bonchev–Trinajstić information content (AvgIpc) is 2.45. The van der Waals surface area contributed by atoms with Crippen LogP contribution in [0.3, 0.4) is 0 Å². The summed E-state index contributed by atoms with van der Waals surface area (Å²) in [4.78, 5) is 31.4. The molecule has 9 nitrogen and oxygen atoms in total. The van der Waals surface area contributed by atoms with Crippen LogP contribution in [0.15, 0.2) is 0 Å². The van der Waals surface area contributed by atoms with Crippen LogP contribution in [0.2, 0.25) is 0 Å². The molecule has 0 saturated carbocycles. The van der Waals surface area contributed by atoms with Crippen molar-refractivity contribution in [2.24, 2.45) is 17.1 Å². The smallest absolute Gasteiger partial charge is 0.320 e. The van der Waals surface area contributed by atoms with Gasteiger partial charge < -0.3 is 31.5 Å². The van der Waals surface area contributed by atoms with Crippen molar-refractivity contribution in [3.8, 4) is 0 Å². The number of aliphatic hydroxyl groups excluding tert-OH is 2. The second-order valence-electron chi connectivity index (χ2n) is 6.09. The standard InChI is InChI=1S/C9H17NO5.C5H11NO2/c1-9(2,5-11)7(14)8(15)10-4-3-6(12)13;1-3(2)4(6)5(7)8/h7,11,14H,3-5H2,1-2H3,(H,10,15)(H,12,13);3-4H,6H2,1-2H3,(H,7,8)/t;4-/m.0/s1. The second kappa shape index (κ2) is 10.9. The Balaban J connectivity index is 0. The lowest BCUT2D eigenvalue weighted by Crippen LogP contribution is -2.45. The number of hydrogen-bond donors (Lipinski definition) is 6. The molecule has 0 radical (unpaired) electrons. The van der Waals surface area contributed by atoms with Crippen LogP contribution >= 0.6 is 0 Å². The number of amides is 1. The van der Waals surface area contributed by atoms with E-state index in [1.807, 2.05) is 0 Å². The first kappa shape index (κ1) is 23.6. The summed E-state index contributed by atoms with van der Waals surface area (Å²) in [5, 5.41) is 37.2. The van der Waals surface area contributed by atoms with E-state index >= 15 is 0 Å². The van der Waals surface area contributed by atoms with Crippen molar-refractivity contribution in [1.82, 2.24) is 5.32 Å². The maximum absolute atomic E-state index is 11.3. The minimum Gasteiger partial charge on any atom is -0.481 e. The van der Waals surface area contributed by atoms with Gasteiger partial charge in [0.2, 0.25) is 5.91 Å². The number of carboxylic acid groups (broad SMARTS) is 2. The monoisotopic (exact) mass is 336 g/mol. The maximum Gasteiger partial charge on any atom is 0.320 e. The van der Waals surface area contributed by atoms with Crippen molar-refractivity contribution in [3.05, 3.63) is 0 Å². The highest BCUT2D eigenvalue weighted by atomic mass is 16.4. The van der Waals surface area contributed by atoms with Gasteiger partial charge in [-0.3, -0.25) is 14.4 Å². The first-order valence-corrected chi connectivity index (χ1v) is 7.13. The molecule has 1 amide bonds.